The Balaban J connectivity index is 3.09. The van der Waals surface area contributed by atoms with Gasteiger partial charge in [-0.15, -0.1) is 0 Å². The minimum absolute atomic E-state index is 0.255. The maximum absolute atomic E-state index is 12.3. The zero-order valence-corrected chi connectivity index (χ0v) is 15.7. The van der Waals surface area contributed by atoms with E-state index in [2.05, 4.69) is 0 Å². The van der Waals surface area contributed by atoms with Crippen LogP contribution in [0, 0.1) is 0 Å². The fourth-order valence-electron chi connectivity index (χ4n) is 2.14. The van der Waals surface area contributed by atoms with Crippen molar-refractivity contribution in [2.45, 2.75) is 19.8 Å². The van der Waals surface area contributed by atoms with Crippen LogP contribution in [0.2, 0.25) is 0 Å². The molecule has 0 saturated carbocycles. The van der Waals surface area contributed by atoms with E-state index in [1.54, 1.807) is 30.1 Å². The SMILES string of the molecule is CCCCN(C)C(=O)CN(c1ccc(OC)c(OC)c1)S(C)(=O)=O. The molecule has 1 aromatic carbocycles. The number of rotatable bonds is 9. The lowest BCUT2D eigenvalue weighted by Crippen LogP contribution is -2.41. The van der Waals surface area contributed by atoms with Crippen molar-refractivity contribution in [3.63, 3.8) is 0 Å². The summed E-state index contributed by atoms with van der Waals surface area (Å²) in [5.41, 5.74) is 0.354. The minimum atomic E-state index is -3.62. The number of hydrogen-bond acceptors (Lipinski definition) is 5. The summed E-state index contributed by atoms with van der Waals surface area (Å²) in [5, 5.41) is 0. The van der Waals surface area contributed by atoms with E-state index in [0.717, 1.165) is 23.4 Å². The van der Waals surface area contributed by atoms with Crippen LogP contribution in [-0.4, -0.2) is 59.8 Å². The Kier molecular flexibility index (Phi) is 7.34. The van der Waals surface area contributed by atoms with Crippen LogP contribution in [0.5, 0.6) is 11.5 Å². The number of carbonyl (C=O) groups is 1. The first-order valence-corrected chi connectivity index (χ1v) is 9.53. The molecule has 7 nitrogen and oxygen atoms in total. The molecule has 0 radical (unpaired) electrons. The molecule has 1 rings (SSSR count). The van der Waals surface area contributed by atoms with Crippen LogP contribution >= 0.6 is 0 Å². The Morgan fingerprint density at radius 1 is 1.17 bits per heavy atom. The van der Waals surface area contributed by atoms with Gasteiger partial charge in [-0.3, -0.25) is 9.10 Å². The molecular formula is C16H26N2O5S. The van der Waals surface area contributed by atoms with Crippen LogP contribution in [0.25, 0.3) is 0 Å². The summed E-state index contributed by atoms with van der Waals surface area (Å²) in [6.45, 7) is 2.37. The monoisotopic (exact) mass is 358 g/mol. The van der Waals surface area contributed by atoms with Crippen molar-refractivity contribution in [2.75, 3.05) is 44.9 Å². The van der Waals surface area contributed by atoms with E-state index < -0.39 is 10.0 Å². The summed E-state index contributed by atoms with van der Waals surface area (Å²) in [4.78, 5) is 13.9. The van der Waals surface area contributed by atoms with Crippen LogP contribution in [0.4, 0.5) is 5.69 Å². The Labute approximate surface area is 144 Å². The van der Waals surface area contributed by atoms with E-state index in [1.165, 1.54) is 14.2 Å². The Hall–Kier alpha value is -1.96. The normalized spacial score (nSPS) is 11.0. The second kappa shape index (κ2) is 8.77. The number of sulfonamides is 1. The van der Waals surface area contributed by atoms with E-state index in [1.807, 2.05) is 6.92 Å². The summed E-state index contributed by atoms with van der Waals surface area (Å²) in [7, 11) is 1.02. The maximum atomic E-state index is 12.3. The molecule has 0 aliphatic heterocycles. The highest BCUT2D eigenvalue weighted by atomic mass is 32.2. The first-order valence-electron chi connectivity index (χ1n) is 7.68. The molecule has 0 atom stereocenters. The third-order valence-corrected chi connectivity index (χ3v) is 4.75. The third-order valence-electron chi connectivity index (χ3n) is 3.61. The number of anilines is 1. The average Bonchev–Trinajstić information content (AvgIpc) is 2.55. The van der Waals surface area contributed by atoms with Crippen LogP contribution < -0.4 is 13.8 Å². The minimum Gasteiger partial charge on any atom is -0.493 e. The quantitative estimate of drug-likeness (QED) is 0.672. The second-order valence-corrected chi connectivity index (χ2v) is 7.38. The lowest BCUT2D eigenvalue weighted by Gasteiger charge is -2.25. The highest BCUT2D eigenvalue weighted by molar-refractivity contribution is 7.92. The van der Waals surface area contributed by atoms with Crippen molar-refractivity contribution in [2.24, 2.45) is 0 Å². The first kappa shape index (κ1) is 20.1. The maximum Gasteiger partial charge on any atom is 0.243 e. The zero-order chi connectivity index (χ0) is 18.3. The summed E-state index contributed by atoms with van der Waals surface area (Å²) in [5.74, 6) is 0.625. The predicted molar refractivity (Wildman–Crippen MR) is 94.3 cm³/mol. The van der Waals surface area contributed by atoms with Crippen molar-refractivity contribution in [3.05, 3.63) is 18.2 Å². The molecule has 0 bridgehead atoms. The molecule has 0 fully saturated rings. The van der Waals surface area contributed by atoms with Crippen LogP contribution in [0.15, 0.2) is 18.2 Å². The number of ether oxygens (including phenoxy) is 2. The number of benzene rings is 1. The van der Waals surface area contributed by atoms with E-state index >= 15 is 0 Å². The molecule has 0 unspecified atom stereocenters. The summed E-state index contributed by atoms with van der Waals surface area (Å²) >= 11 is 0. The van der Waals surface area contributed by atoms with Gasteiger partial charge in [-0.25, -0.2) is 8.42 Å². The van der Waals surface area contributed by atoms with Gasteiger partial charge in [0.15, 0.2) is 11.5 Å². The molecule has 0 heterocycles. The number of carbonyl (C=O) groups excluding carboxylic acids is 1. The lowest BCUT2D eigenvalue weighted by molar-refractivity contribution is -0.128. The molecule has 0 N–H and O–H groups in total. The highest BCUT2D eigenvalue weighted by Gasteiger charge is 2.23. The van der Waals surface area contributed by atoms with Crippen molar-refractivity contribution < 1.29 is 22.7 Å². The fourth-order valence-corrected chi connectivity index (χ4v) is 2.99. The smallest absolute Gasteiger partial charge is 0.243 e. The van der Waals surface area contributed by atoms with E-state index in [9.17, 15) is 13.2 Å². The number of nitrogens with zero attached hydrogens (tertiary/aromatic N) is 2. The van der Waals surface area contributed by atoms with Gasteiger partial charge in [-0.05, 0) is 18.6 Å². The average molecular weight is 358 g/mol. The largest absolute Gasteiger partial charge is 0.493 e. The topological polar surface area (TPSA) is 76.2 Å². The lowest BCUT2D eigenvalue weighted by atomic mass is 10.2. The van der Waals surface area contributed by atoms with Gasteiger partial charge in [0.25, 0.3) is 0 Å². The molecule has 0 saturated heterocycles. The van der Waals surface area contributed by atoms with Gasteiger partial charge < -0.3 is 14.4 Å². The van der Waals surface area contributed by atoms with Gasteiger partial charge in [-0.2, -0.15) is 0 Å². The van der Waals surface area contributed by atoms with Crippen LogP contribution in [0.3, 0.4) is 0 Å². The number of hydrogen-bond donors (Lipinski definition) is 0. The Bertz CT molecular complexity index is 660. The van der Waals surface area contributed by atoms with Crippen molar-refractivity contribution in [1.29, 1.82) is 0 Å². The van der Waals surface area contributed by atoms with Gasteiger partial charge in [-0.1, -0.05) is 13.3 Å². The molecule has 8 heteroatoms. The van der Waals surface area contributed by atoms with Gasteiger partial charge in [0, 0.05) is 19.7 Å². The standard InChI is InChI=1S/C16H26N2O5S/c1-6-7-10-17(2)16(19)12-18(24(5,20)21)13-8-9-14(22-3)15(11-13)23-4/h8-9,11H,6-7,10,12H2,1-5H3. The Morgan fingerprint density at radius 3 is 2.29 bits per heavy atom. The zero-order valence-electron chi connectivity index (χ0n) is 14.9. The second-order valence-electron chi connectivity index (χ2n) is 5.48. The van der Waals surface area contributed by atoms with Crippen molar-refractivity contribution in [3.8, 4) is 11.5 Å². The molecule has 1 amide bonds. The van der Waals surface area contributed by atoms with Crippen molar-refractivity contribution >= 4 is 21.6 Å². The number of amides is 1. The van der Waals surface area contributed by atoms with E-state index in [-0.39, 0.29) is 12.5 Å². The third kappa shape index (κ3) is 5.30. The molecule has 0 spiro atoms. The summed E-state index contributed by atoms with van der Waals surface area (Å²) in [6.07, 6.45) is 2.91. The van der Waals surface area contributed by atoms with Gasteiger partial charge >= 0.3 is 0 Å². The molecule has 0 aromatic heterocycles. The van der Waals surface area contributed by atoms with Gasteiger partial charge in [0.1, 0.15) is 6.54 Å². The Morgan fingerprint density at radius 2 is 1.79 bits per heavy atom. The van der Waals surface area contributed by atoms with E-state index in [0.29, 0.717) is 23.7 Å². The molecule has 136 valence electrons. The van der Waals surface area contributed by atoms with Crippen molar-refractivity contribution in [1.82, 2.24) is 4.90 Å². The summed E-state index contributed by atoms with van der Waals surface area (Å²) < 4.78 is 35.7. The molecule has 24 heavy (non-hydrogen) atoms. The molecular weight excluding hydrogens is 332 g/mol. The predicted octanol–water partition coefficient (Wildman–Crippen LogP) is 1.73. The highest BCUT2D eigenvalue weighted by Crippen LogP contribution is 2.32. The van der Waals surface area contributed by atoms with Gasteiger partial charge in [0.05, 0.1) is 26.2 Å². The fraction of sp³-hybridized carbons (Fsp3) is 0.562. The van der Waals surface area contributed by atoms with Gasteiger partial charge in [0.2, 0.25) is 15.9 Å². The number of unbranched alkanes of at least 4 members (excludes halogenated alkanes) is 1. The molecule has 1 aromatic rings. The number of likely N-dealkylation sites (N-methyl/N-ethyl adjacent to an activating group) is 1. The first-order chi connectivity index (χ1) is 11.2. The molecule has 0 aliphatic rings. The number of methoxy groups -OCH3 is 2. The van der Waals surface area contributed by atoms with Crippen LogP contribution in [0.1, 0.15) is 19.8 Å². The van der Waals surface area contributed by atoms with Crippen LogP contribution in [-0.2, 0) is 14.8 Å². The summed E-state index contributed by atoms with van der Waals surface area (Å²) in [6, 6.07) is 4.73. The molecule has 0 aliphatic carbocycles. The van der Waals surface area contributed by atoms with E-state index in [4.69, 9.17) is 9.47 Å².